The Bertz CT molecular complexity index is 552. The van der Waals surface area contributed by atoms with E-state index in [4.69, 9.17) is 5.11 Å². The number of aryl methyl sites for hydroxylation is 1. The molecule has 1 heterocycles. The minimum atomic E-state index is -0.974. The van der Waals surface area contributed by atoms with Crippen molar-refractivity contribution in [1.29, 1.82) is 0 Å². The van der Waals surface area contributed by atoms with E-state index in [1.54, 1.807) is 6.07 Å². The van der Waals surface area contributed by atoms with Gasteiger partial charge in [0.1, 0.15) is 4.60 Å². The summed E-state index contributed by atoms with van der Waals surface area (Å²) >= 11 is 3.14. The zero-order chi connectivity index (χ0) is 11.0. The average Bonchev–Trinajstić information content (AvgIpc) is 2.17. The summed E-state index contributed by atoms with van der Waals surface area (Å²) in [7, 11) is 0. The second-order valence-corrected chi connectivity index (χ2v) is 4.08. The fourth-order valence-electron chi connectivity index (χ4n) is 1.42. The summed E-state index contributed by atoms with van der Waals surface area (Å²) in [5, 5.41) is 9.77. The maximum atomic E-state index is 10.9. The predicted molar refractivity (Wildman–Crippen MR) is 61.1 cm³/mol. The largest absolute Gasteiger partial charge is 0.478 e. The summed E-state index contributed by atoms with van der Waals surface area (Å²) in [5.74, 6) is -0.974. The highest BCUT2D eigenvalue weighted by molar-refractivity contribution is 9.10. The summed E-state index contributed by atoms with van der Waals surface area (Å²) in [5.41, 5.74) is 2.06. The van der Waals surface area contributed by atoms with Crippen LogP contribution < -0.4 is 0 Å². The van der Waals surface area contributed by atoms with Crippen LogP contribution in [0.15, 0.2) is 28.9 Å². The number of fused-ring (bicyclic) bond motifs is 1. The molecule has 0 bridgehead atoms. The van der Waals surface area contributed by atoms with Gasteiger partial charge in [0.15, 0.2) is 0 Å². The molecule has 0 aliphatic heterocycles. The molecule has 1 aromatic carbocycles. The lowest BCUT2D eigenvalue weighted by molar-refractivity contribution is 0.0695. The molecule has 3 nitrogen and oxygen atoms in total. The van der Waals surface area contributed by atoms with Crippen molar-refractivity contribution in [2.45, 2.75) is 6.92 Å². The lowest BCUT2D eigenvalue weighted by atomic mass is 10.1. The standard InChI is InChI=1S/C11H8BrNO2/c1-6-2-3-9-7(4-6)5-8(11(14)15)10(12)13-9/h2-5H,1H3,(H,14,15). The van der Waals surface area contributed by atoms with Crippen LogP contribution in [0.2, 0.25) is 0 Å². The van der Waals surface area contributed by atoms with Crippen LogP contribution in [0.4, 0.5) is 0 Å². The number of aromatic carboxylic acids is 1. The zero-order valence-electron chi connectivity index (χ0n) is 7.99. The third kappa shape index (κ3) is 1.85. The Labute approximate surface area is 94.9 Å². The quantitative estimate of drug-likeness (QED) is 0.807. The van der Waals surface area contributed by atoms with Crippen LogP contribution in [0.5, 0.6) is 0 Å². The van der Waals surface area contributed by atoms with Crippen molar-refractivity contribution >= 4 is 32.8 Å². The number of halogens is 1. The summed E-state index contributed by atoms with van der Waals surface area (Å²) in [6, 6.07) is 7.37. The number of benzene rings is 1. The van der Waals surface area contributed by atoms with E-state index in [2.05, 4.69) is 20.9 Å². The fourth-order valence-corrected chi connectivity index (χ4v) is 1.90. The maximum Gasteiger partial charge on any atom is 0.338 e. The Balaban J connectivity index is 2.77. The molecule has 0 atom stereocenters. The topological polar surface area (TPSA) is 50.2 Å². The van der Waals surface area contributed by atoms with Crippen molar-refractivity contribution in [1.82, 2.24) is 4.98 Å². The van der Waals surface area contributed by atoms with Gasteiger partial charge >= 0.3 is 5.97 Å². The van der Waals surface area contributed by atoms with Crippen LogP contribution >= 0.6 is 15.9 Å². The molecule has 2 aromatic rings. The number of carbonyl (C=O) groups is 1. The fraction of sp³-hybridized carbons (Fsp3) is 0.0909. The molecule has 0 radical (unpaired) electrons. The molecule has 0 spiro atoms. The van der Waals surface area contributed by atoms with Crippen LogP contribution in [-0.2, 0) is 0 Å². The van der Waals surface area contributed by atoms with Crippen molar-refractivity contribution < 1.29 is 9.90 Å². The summed E-state index contributed by atoms with van der Waals surface area (Å²) in [4.78, 5) is 15.1. The molecule has 2 rings (SSSR count). The number of carboxylic acids is 1. The summed E-state index contributed by atoms with van der Waals surface area (Å²) < 4.78 is 0.367. The highest BCUT2D eigenvalue weighted by atomic mass is 79.9. The number of rotatable bonds is 1. The molecular weight excluding hydrogens is 258 g/mol. The smallest absolute Gasteiger partial charge is 0.338 e. The molecule has 0 unspecified atom stereocenters. The van der Waals surface area contributed by atoms with E-state index in [0.29, 0.717) is 4.60 Å². The molecule has 76 valence electrons. The molecular formula is C11H8BrNO2. The van der Waals surface area contributed by atoms with Gasteiger partial charge in [-0.05, 0) is 41.1 Å². The van der Waals surface area contributed by atoms with Crippen molar-refractivity contribution in [3.05, 3.63) is 40.0 Å². The van der Waals surface area contributed by atoms with Gasteiger partial charge in [-0.15, -0.1) is 0 Å². The summed E-state index contributed by atoms with van der Waals surface area (Å²) in [6.07, 6.45) is 0. The molecule has 1 aromatic heterocycles. The first-order valence-electron chi connectivity index (χ1n) is 4.38. The molecule has 15 heavy (non-hydrogen) atoms. The van der Waals surface area contributed by atoms with E-state index in [9.17, 15) is 4.79 Å². The third-order valence-electron chi connectivity index (χ3n) is 2.15. The van der Waals surface area contributed by atoms with Crippen molar-refractivity contribution in [2.75, 3.05) is 0 Å². The van der Waals surface area contributed by atoms with Crippen molar-refractivity contribution in [3.8, 4) is 0 Å². The van der Waals surface area contributed by atoms with E-state index in [-0.39, 0.29) is 5.56 Å². The first-order valence-corrected chi connectivity index (χ1v) is 5.17. The van der Waals surface area contributed by atoms with Crippen LogP contribution in [0.25, 0.3) is 10.9 Å². The van der Waals surface area contributed by atoms with Gasteiger partial charge in [0.05, 0.1) is 11.1 Å². The van der Waals surface area contributed by atoms with Crippen molar-refractivity contribution in [3.63, 3.8) is 0 Å². The highest BCUT2D eigenvalue weighted by Gasteiger charge is 2.10. The van der Waals surface area contributed by atoms with E-state index in [0.717, 1.165) is 16.5 Å². The number of hydrogen-bond acceptors (Lipinski definition) is 2. The van der Waals surface area contributed by atoms with E-state index >= 15 is 0 Å². The second-order valence-electron chi connectivity index (χ2n) is 3.33. The van der Waals surface area contributed by atoms with Crippen LogP contribution in [0, 0.1) is 6.92 Å². The SMILES string of the molecule is Cc1ccc2nc(Br)c(C(=O)O)cc2c1. The Morgan fingerprint density at radius 2 is 2.13 bits per heavy atom. The molecule has 0 saturated carbocycles. The Morgan fingerprint density at radius 1 is 1.40 bits per heavy atom. The van der Waals surface area contributed by atoms with E-state index < -0.39 is 5.97 Å². The predicted octanol–water partition coefficient (Wildman–Crippen LogP) is 3.00. The number of aromatic nitrogens is 1. The van der Waals surface area contributed by atoms with Crippen molar-refractivity contribution in [2.24, 2.45) is 0 Å². The highest BCUT2D eigenvalue weighted by Crippen LogP contribution is 2.21. The van der Waals surface area contributed by atoms with Gasteiger partial charge < -0.3 is 5.11 Å². The Kier molecular flexibility index (Phi) is 2.44. The van der Waals surface area contributed by atoms with Gasteiger partial charge in [0.25, 0.3) is 0 Å². The second kappa shape index (κ2) is 3.62. The molecule has 0 amide bonds. The number of carboxylic acid groups (broad SMARTS) is 1. The first-order chi connectivity index (χ1) is 7.08. The van der Waals surface area contributed by atoms with Crippen LogP contribution in [0.1, 0.15) is 15.9 Å². The van der Waals surface area contributed by atoms with Crippen LogP contribution in [-0.4, -0.2) is 16.1 Å². The van der Waals surface area contributed by atoms with E-state index in [1.807, 2.05) is 25.1 Å². The minimum Gasteiger partial charge on any atom is -0.478 e. The van der Waals surface area contributed by atoms with Gasteiger partial charge in [-0.25, -0.2) is 9.78 Å². The number of nitrogens with zero attached hydrogens (tertiary/aromatic N) is 1. The molecule has 1 N–H and O–H groups in total. The number of hydrogen-bond donors (Lipinski definition) is 1. The van der Waals surface area contributed by atoms with Gasteiger partial charge in [-0.2, -0.15) is 0 Å². The minimum absolute atomic E-state index is 0.188. The molecule has 0 fully saturated rings. The Morgan fingerprint density at radius 3 is 2.80 bits per heavy atom. The average molecular weight is 266 g/mol. The third-order valence-corrected chi connectivity index (χ3v) is 2.76. The van der Waals surface area contributed by atoms with Gasteiger partial charge in [0.2, 0.25) is 0 Å². The molecule has 0 aliphatic carbocycles. The van der Waals surface area contributed by atoms with Gasteiger partial charge in [-0.3, -0.25) is 0 Å². The zero-order valence-corrected chi connectivity index (χ0v) is 9.58. The Hall–Kier alpha value is -1.42. The first kappa shape index (κ1) is 10.1. The van der Waals surface area contributed by atoms with Gasteiger partial charge in [0, 0.05) is 5.39 Å². The molecule has 4 heteroatoms. The van der Waals surface area contributed by atoms with Crippen LogP contribution in [0.3, 0.4) is 0 Å². The van der Waals surface area contributed by atoms with E-state index in [1.165, 1.54) is 0 Å². The summed E-state index contributed by atoms with van der Waals surface area (Å²) in [6.45, 7) is 1.96. The normalized spacial score (nSPS) is 10.5. The lowest BCUT2D eigenvalue weighted by Crippen LogP contribution is -1.99. The monoisotopic (exact) mass is 265 g/mol. The lowest BCUT2D eigenvalue weighted by Gasteiger charge is -2.02. The molecule has 0 saturated heterocycles. The number of pyridine rings is 1. The van der Waals surface area contributed by atoms with Gasteiger partial charge in [-0.1, -0.05) is 11.6 Å². The molecule has 0 aliphatic rings. The maximum absolute atomic E-state index is 10.9.